The highest BCUT2D eigenvalue weighted by molar-refractivity contribution is 5.77. The summed E-state index contributed by atoms with van der Waals surface area (Å²) in [5.41, 5.74) is 0. The van der Waals surface area contributed by atoms with E-state index in [0.717, 1.165) is 25.4 Å². The van der Waals surface area contributed by atoms with Gasteiger partial charge in [-0.3, -0.25) is 9.69 Å². The molecule has 0 bridgehead atoms. The van der Waals surface area contributed by atoms with Crippen molar-refractivity contribution in [2.45, 2.75) is 25.8 Å². The van der Waals surface area contributed by atoms with E-state index in [4.69, 9.17) is 4.74 Å². The number of carbonyl (C=O) groups excluding carboxylic acids is 1. The van der Waals surface area contributed by atoms with Gasteiger partial charge in [0.15, 0.2) is 6.61 Å². The topological polar surface area (TPSA) is 41.6 Å². The van der Waals surface area contributed by atoms with Crippen molar-refractivity contribution < 1.29 is 9.53 Å². The standard InChI is InChI=1S/C15H22N2O2/c1-2-17-10-6-7-13(17)11-16-15(18)12-19-14-8-4-3-5-9-14/h3-5,8-9,13H,2,6-7,10-12H2,1H3,(H,16,18)/t13-/m1/s1. The average Bonchev–Trinajstić information content (AvgIpc) is 2.91. The fourth-order valence-corrected chi connectivity index (χ4v) is 2.49. The molecule has 1 amide bonds. The molecule has 2 rings (SSSR count). The molecular weight excluding hydrogens is 240 g/mol. The van der Waals surface area contributed by atoms with Crippen LogP contribution in [0.2, 0.25) is 0 Å². The van der Waals surface area contributed by atoms with E-state index in [9.17, 15) is 4.79 Å². The van der Waals surface area contributed by atoms with Gasteiger partial charge in [-0.1, -0.05) is 25.1 Å². The van der Waals surface area contributed by atoms with Gasteiger partial charge < -0.3 is 10.1 Å². The lowest BCUT2D eigenvalue weighted by Crippen LogP contribution is -2.41. The summed E-state index contributed by atoms with van der Waals surface area (Å²) < 4.78 is 5.41. The lowest BCUT2D eigenvalue weighted by molar-refractivity contribution is -0.123. The third-order valence-electron chi connectivity index (χ3n) is 3.55. The van der Waals surface area contributed by atoms with Gasteiger partial charge >= 0.3 is 0 Å². The van der Waals surface area contributed by atoms with Gasteiger partial charge in [-0.05, 0) is 38.1 Å². The number of carbonyl (C=O) groups is 1. The van der Waals surface area contributed by atoms with Crippen LogP contribution in [-0.2, 0) is 4.79 Å². The quantitative estimate of drug-likeness (QED) is 0.848. The van der Waals surface area contributed by atoms with Crippen molar-refractivity contribution in [2.75, 3.05) is 26.2 Å². The van der Waals surface area contributed by atoms with Gasteiger partial charge in [-0.15, -0.1) is 0 Å². The molecule has 4 heteroatoms. The average molecular weight is 262 g/mol. The Hall–Kier alpha value is -1.55. The van der Waals surface area contributed by atoms with Crippen molar-refractivity contribution in [2.24, 2.45) is 0 Å². The molecule has 1 aliphatic rings. The normalized spacial score (nSPS) is 19.3. The number of nitrogens with one attached hydrogen (secondary N) is 1. The first-order chi connectivity index (χ1) is 9.29. The third kappa shape index (κ3) is 4.24. The highest BCUT2D eigenvalue weighted by Gasteiger charge is 2.22. The lowest BCUT2D eigenvalue weighted by atomic mass is 10.2. The Morgan fingerprint density at radius 2 is 2.21 bits per heavy atom. The van der Waals surface area contributed by atoms with Crippen molar-refractivity contribution in [3.63, 3.8) is 0 Å². The molecule has 104 valence electrons. The van der Waals surface area contributed by atoms with Crippen LogP contribution in [0.3, 0.4) is 0 Å². The number of benzene rings is 1. The number of amides is 1. The van der Waals surface area contributed by atoms with Gasteiger partial charge in [0.2, 0.25) is 0 Å². The molecule has 1 aliphatic heterocycles. The van der Waals surface area contributed by atoms with Crippen molar-refractivity contribution in [3.8, 4) is 5.75 Å². The molecule has 0 aliphatic carbocycles. The van der Waals surface area contributed by atoms with Crippen LogP contribution in [0, 0.1) is 0 Å². The van der Waals surface area contributed by atoms with E-state index >= 15 is 0 Å². The van der Waals surface area contributed by atoms with Crippen LogP contribution in [-0.4, -0.2) is 43.1 Å². The van der Waals surface area contributed by atoms with Crippen molar-refractivity contribution in [1.29, 1.82) is 0 Å². The van der Waals surface area contributed by atoms with Crippen LogP contribution in [0.1, 0.15) is 19.8 Å². The number of para-hydroxylation sites is 1. The zero-order chi connectivity index (χ0) is 13.5. The zero-order valence-electron chi connectivity index (χ0n) is 11.5. The fraction of sp³-hybridized carbons (Fsp3) is 0.533. The van der Waals surface area contributed by atoms with Gasteiger partial charge in [-0.25, -0.2) is 0 Å². The van der Waals surface area contributed by atoms with Crippen LogP contribution in [0.5, 0.6) is 5.75 Å². The number of hydrogen-bond acceptors (Lipinski definition) is 3. The van der Waals surface area contributed by atoms with Gasteiger partial charge in [0.1, 0.15) is 5.75 Å². The zero-order valence-corrected chi connectivity index (χ0v) is 11.5. The minimum Gasteiger partial charge on any atom is -0.484 e. The minimum atomic E-state index is -0.0493. The van der Waals surface area contributed by atoms with Crippen molar-refractivity contribution in [1.82, 2.24) is 10.2 Å². The highest BCUT2D eigenvalue weighted by atomic mass is 16.5. The van der Waals surface area contributed by atoms with Crippen LogP contribution in [0.25, 0.3) is 0 Å². The first kappa shape index (κ1) is 13.9. The molecule has 1 fully saturated rings. The number of likely N-dealkylation sites (tertiary alicyclic amines) is 1. The molecule has 1 aromatic carbocycles. The molecule has 1 saturated heterocycles. The molecule has 1 heterocycles. The Bertz CT molecular complexity index is 394. The van der Waals surface area contributed by atoms with E-state index in [1.165, 1.54) is 12.8 Å². The summed E-state index contributed by atoms with van der Waals surface area (Å²) in [7, 11) is 0. The summed E-state index contributed by atoms with van der Waals surface area (Å²) in [6, 6.07) is 9.90. The van der Waals surface area contributed by atoms with E-state index < -0.39 is 0 Å². The van der Waals surface area contributed by atoms with E-state index in [-0.39, 0.29) is 12.5 Å². The summed E-state index contributed by atoms with van der Waals surface area (Å²) in [5, 5.41) is 2.95. The lowest BCUT2D eigenvalue weighted by Gasteiger charge is -2.22. The fourth-order valence-electron chi connectivity index (χ4n) is 2.49. The van der Waals surface area contributed by atoms with Crippen LogP contribution < -0.4 is 10.1 Å². The Labute approximate surface area is 114 Å². The van der Waals surface area contributed by atoms with E-state index in [1.807, 2.05) is 30.3 Å². The number of likely N-dealkylation sites (N-methyl/N-ethyl adjacent to an activating group) is 1. The van der Waals surface area contributed by atoms with Crippen LogP contribution in [0.15, 0.2) is 30.3 Å². The van der Waals surface area contributed by atoms with Gasteiger partial charge in [0.05, 0.1) is 0 Å². The van der Waals surface area contributed by atoms with E-state index in [0.29, 0.717) is 6.04 Å². The molecule has 19 heavy (non-hydrogen) atoms. The summed E-state index contributed by atoms with van der Waals surface area (Å²) in [6.07, 6.45) is 2.41. The first-order valence-corrected chi connectivity index (χ1v) is 6.98. The molecule has 4 nitrogen and oxygen atoms in total. The second-order valence-corrected chi connectivity index (χ2v) is 4.83. The summed E-state index contributed by atoms with van der Waals surface area (Å²) >= 11 is 0. The third-order valence-corrected chi connectivity index (χ3v) is 3.55. The van der Waals surface area contributed by atoms with E-state index in [1.54, 1.807) is 0 Å². The Morgan fingerprint density at radius 1 is 1.42 bits per heavy atom. The number of ether oxygens (including phenoxy) is 1. The number of hydrogen-bond donors (Lipinski definition) is 1. The molecular formula is C15H22N2O2. The molecule has 0 spiro atoms. The van der Waals surface area contributed by atoms with Crippen LogP contribution >= 0.6 is 0 Å². The molecule has 1 atom stereocenters. The summed E-state index contributed by atoms with van der Waals surface area (Å²) in [6.45, 7) is 5.19. The van der Waals surface area contributed by atoms with E-state index in [2.05, 4.69) is 17.1 Å². The minimum absolute atomic E-state index is 0.0493. The SMILES string of the molecule is CCN1CCC[C@@H]1CNC(=O)COc1ccccc1. The van der Waals surface area contributed by atoms with Crippen molar-refractivity contribution in [3.05, 3.63) is 30.3 Å². The highest BCUT2D eigenvalue weighted by Crippen LogP contribution is 2.15. The van der Waals surface area contributed by atoms with Gasteiger partial charge in [0, 0.05) is 12.6 Å². The Morgan fingerprint density at radius 3 is 2.95 bits per heavy atom. The largest absolute Gasteiger partial charge is 0.484 e. The second-order valence-electron chi connectivity index (χ2n) is 4.83. The van der Waals surface area contributed by atoms with Crippen molar-refractivity contribution >= 4 is 5.91 Å². The smallest absolute Gasteiger partial charge is 0.257 e. The predicted molar refractivity (Wildman–Crippen MR) is 75.2 cm³/mol. The monoisotopic (exact) mass is 262 g/mol. The summed E-state index contributed by atoms with van der Waals surface area (Å²) in [5.74, 6) is 0.681. The number of nitrogens with zero attached hydrogens (tertiary/aromatic N) is 1. The Balaban J connectivity index is 1.67. The predicted octanol–water partition coefficient (Wildman–Crippen LogP) is 1.67. The second kappa shape index (κ2) is 7.14. The molecule has 0 aromatic heterocycles. The van der Waals surface area contributed by atoms with Crippen LogP contribution in [0.4, 0.5) is 0 Å². The van der Waals surface area contributed by atoms with Gasteiger partial charge in [-0.2, -0.15) is 0 Å². The summed E-state index contributed by atoms with van der Waals surface area (Å²) in [4.78, 5) is 14.1. The first-order valence-electron chi connectivity index (χ1n) is 6.98. The molecule has 0 unspecified atom stereocenters. The molecule has 1 N–H and O–H groups in total. The Kier molecular flexibility index (Phi) is 5.21. The van der Waals surface area contributed by atoms with Gasteiger partial charge in [0.25, 0.3) is 5.91 Å². The maximum absolute atomic E-state index is 11.7. The molecule has 0 saturated carbocycles. The number of rotatable bonds is 6. The maximum atomic E-state index is 11.7. The molecule has 0 radical (unpaired) electrons. The molecule has 1 aromatic rings. The maximum Gasteiger partial charge on any atom is 0.257 e.